The van der Waals surface area contributed by atoms with Crippen molar-refractivity contribution in [2.45, 2.75) is 60.8 Å². The Bertz CT molecular complexity index is 2460. The zero-order chi connectivity index (χ0) is 34.4. The van der Waals surface area contributed by atoms with E-state index in [0.717, 1.165) is 44.5 Å². The Hall–Kier alpha value is -4.41. The molecule has 5 heteroatoms. The predicted octanol–water partition coefficient (Wildman–Crippen LogP) is 12.7. The molecule has 0 saturated carbocycles. The zero-order valence-corrected chi connectivity index (χ0v) is 33.0. The Morgan fingerprint density at radius 3 is 2.14 bits per heavy atom. The van der Waals surface area contributed by atoms with Crippen LogP contribution in [0.5, 0.6) is 0 Å². The Balaban J connectivity index is 0.000000227. The maximum absolute atomic E-state index is 6.54. The molecule has 4 aromatic carbocycles. The van der Waals surface area contributed by atoms with E-state index in [-0.39, 0.29) is 25.5 Å². The molecule has 0 fully saturated rings. The standard InChI is InChI=1S/C31H26NOS.C14H14N.Ir/c1-18-8-6-9-19(2)27(18)24-16-26(32-17-25(24)31(3,4)5)23-11-7-10-21-22-13-12-20-14-15-34-30(20)29(22)33-28(21)23;1-10-4-6-13(7-5-10)14-8-11(2)12(3)9-15-14;/h6-10,12-17H,1-5H3;4-6,8-9H,1-3H3;/q2*-1;. The molecular formula is C45H40IrN2OS-2. The summed E-state index contributed by atoms with van der Waals surface area (Å²) in [4.78, 5) is 9.35. The molecule has 0 unspecified atom stereocenters. The molecule has 50 heavy (non-hydrogen) atoms. The van der Waals surface area contributed by atoms with Gasteiger partial charge in [0.15, 0.2) is 0 Å². The van der Waals surface area contributed by atoms with E-state index in [0.29, 0.717) is 0 Å². The summed E-state index contributed by atoms with van der Waals surface area (Å²) in [6.07, 6.45) is 3.96. The summed E-state index contributed by atoms with van der Waals surface area (Å²) >= 11 is 1.72. The molecule has 0 amide bonds. The fourth-order valence-corrected chi connectivity index (χ4v) is 7.37. The molecule has 8 rings (SSSR count). The third-order valence-electron chi connectivity index (χ3n) is 9.36. The number of benzene rings is 4. The summed E-state index contributed by atoms with van der Waals surface area (Å²) in [5.41, 5.74) is 15.6. The summed E-state index contributed by atoms with van der Waals surface area (Å²) in [5.74, 6) is 0. The third kappa shape index (κ3) is 6.71. The van der Waals surface area contributed by atoms with Crippen molar-refractivity contribution in [1.29, 1.82) is 0 Å². The van der Waals surface area contributed by atoms with Crippen molar-refractivity contribution >= 4 is 43.4 Å². The Morgan fingerprint density at radius 1 is 0.700 bits per heavy atom. The van der Waals surface area contributed by atoms with Crippen molar-refractivity contribution in [2.24, 2.45) is 0 Å². The van der Waals surface area contributed by atoms with E-state index in [1.807, 2.05) is 24.5 Å². The van der Waals surface area contributed by atoms with Crippen molar-refractivity contribution in [3.8, 4) is 33.6 Å². The second-order valence-electron chi connectivity index (χ2n) is 14.0. The minimum Gasteiger partial charge on any atom is -0.499 e. The summed E-state index contributed by atoms with van der Waals surface area (Å²) in [6.45, 7) is 17.4. The van der Waals surface area contributed by atoms with Gasteiger partial charge in [-0.15, -0.1) is 64.9 Å². The summed E-state index contributed by atoms with van der Waals surface area (Å²) < 4.78 is 7.73. The Labute approximate surface area is 312 Å². The molecule has 0 bridgehead atoms. The largest absolute Gasteiger partial charge is 0.499 e. The molecule has 8 aromatic rings. The molecular weight excluding hydrogens is 809 g/mol. The van der Waals surface area contributed by atoms with Crippen LogP contribution in [0.1, 0.15) is 54.2 Å². The van der Waals surface area contributed by atoms with Gasteiger partial charge in [-0.25, -0.2) is 0 Å². The van der Waals surface area contributed by atoms with Crippen LogP contribution in [-0.4, -0.2) is 9.97 Å². The van der Waals surface area contributed by atoms with Gasteiger partial charge in [-0.05, 0) is 94.7 Å². The fourth-order valence-electron chi connectivity index (χ4n) is 6.48. The van der Waals surface area contributed by atoms with E-state index >= 15 is 0 Å². The van der Waals surface area contributed by atoms with Crippen LogP contribution < -0.4 is 0 Å². The number of pyridine rings is 2. The topological polar surface area (TPSA) is 38.9 Å². The second-order valence-corrected chi connectivity index (χ2v) is 15.0. The van der Waals surface area contributed by atoms with E-state index in [2.05, 4.69) is 145 Å². The summed E-state index contributed by atoms with van der Waals surface area (Å²) in [6, 6.07) is 34.2. The van der Waals surface area contributed by atoms with Gasteiger partial charge < -0.3 is 14.4 Å². The summed E-state index contributed by atoms with van der Waals surface area (Å²) in [7, 11) is 0. The molecule has 4 heterocycles. The maximum Gasteiger partial charge on any atom is 0.138 e. The minimum atomic E-state index is -0.0323. The SMILES string of the molecule is Cc1c[c-]c(-c2cc(C)c(C)cn2)cc1.Cc1cccc(C)c1-c1cc(-c2[c-]ccc3c2oc2c3ccc3ccsc32)ncc1C(C)(C)C.[Ir]. The average molecular weight is 849 g/mol. The van der Waals surface area contributed by atoms with Crippen molar-refractivity contribution in [3.05, 3.63) is 142 Å². The van der Waals surface area contributed by atoms with Crippen LogP contribution in [0.4, 0.5) is 0 Å². The molecule has 3 nitrogen and oxygen atoms in total. The van der Waals surface area contributed by atoms with Crippen molar-refractivity contribution in [2.75, 3.05) is 0 Å². The van der Waals surface area contributed by atoms with E-state index in [1.165, 1.54) is 54.6 Å². The maximum atomic E-state index is 6.54. The molecule has 0 aliphatic carbocycles. The van der Waals surface area contributed by atoms with Crippen molar-refractivity contribution < 1.29 is 24.5 Å². The molecule has 4 aromatic heterocycles. The molecule has 0 saturated heterocycles. The van der Waals surface area contributed by atoms with Crippen LogP contribution in [0, 0.1) is 46.8 Å². The number of thiophene rings is 1. The van der Waals surface area contributed by atoms with E-state index in [1.54, 1.807) is 11.3 Å². The number of aryl methyl sites for hydroxylation is 5. The van der Waals surface area contributed by atoms with E-state index < -0.39 is 0 Å². The van der Waals surface area contributed by atoms with Crippen LogP contribution in [0.3, 0.4) is 0 Å². The molecule has 0 aliphatic rings. The molecule has 0 N–H and O–H groups in total. The van der Waals surface area contributed by atoms with Gasteiger partial charge in [0.25, 0.3) is 0 Å². The number of furan rings is 1. The number of hydrogen-bond acceptors (Lipinski definition) is 4. The van der Waals surface area contributed by atoms with Gasteiger partial charge in [-0.2, -0.15) is 0 Å². The monoisotopic (exact) mass is 849 g/mol. The first kappa shape index (κ1) is 35.4. The molecule has 0 aliphatic heterocycles. The Morgan fingerprint density at radius 2 is 1.44 bits per heavy atom. The van der Waals surface area contributed by atoms with Crippen LogP contribution in [0.15, 0.2) is 101 Å². The van der Waals surface area contributed by atoms with Gasteiger partial charge in [0.2, 0.25) is 0 Å². The van der Waals surface area contributed by atoms with Gasteiger partial charge in [0, 0.05) is 37.9 Å². The smallest absolute Gasteiger partial charge is 0.138 e. The fraction of sp³-hybridized carbons (Fsp3) is 0.200. The first-order valence-corrected chi connectivity index (χ1v) is 17.6. The number of rotatable bonds is 3. The van der Waals surface area contributed by atoms with Gasteiger partial charge in [0.1, 0.15) is 5.58 Å². The van der Waals surface area contributed by atoms with Crippen molar-refractivity contribution in [3.63, 3.8) is 0 Å². The zero-order valence-electron chi connectivity index (χ0n) is 29.8. The van der Waals surface area contributed by atoms with Crippen LogP contribution >= 0.6 is 11.3 Å². The second kappa shape index (κ2) is 14.1. The third-order valence-corrected chi connectivity index (χ3v) is 10.3. The first-order valence-electron chi connectivity index (χ1n) is 16.7. The van der Waals surface area contributed by atoms with Gasteiger partial charge in [-0.3, -0.25) is 0 Å². The number of hydrogen-bond donors (Lipinski definition) is 0. The van der Waals surface area contributed by atoms with Gasteiger partial charge in [-0.1, -0.05) is 86.7 Å². The van der Waals surface area contributed by atoms with Gasteiger partial charge in [0.05, 0.1) is 10.3 Å². The van der Waals surface area contributed by atoms with Crippen molar-refractivity contribution in [1.82, 2.24) is 9.97 Å². The van der Waals surface area contributed by atoms with Crippen LogP contribution in [0.2, 0.25) is 0 Å². The van der Waals surface area contributed by atoms with Gasteiger partial charge >= 0.3 is 0 Å². The molecule has 0 atom stereocenters. The average Bonchev–Trinajstić information content (AvgIpc) is 3.71. The quantitative estimate of drug-likeness (QED) is 0.166. The minimum absolute atomic E-state index is 0. The Kier molecular flexibility index (Phi) is 9.97. The molecule has 1 radical (unpaired) electrons. The first-order chi connectivity index (χ1) is 23.5. The number of fused-ring (bicyclic) bond motifs is 5. The summed E-state index contributed by atoms with van der Waals surface area (Å²) in [5, 5.41) is 5.58. The molecule has 253 valence electrons. The normalized spacial score (nSPS) is 11.4. The van der Waals surface area contributed by atoms with E-state index in [4.69, 9.17) is 9.40 Å². The number of nitrogens with zero attached hydrogens (tertiary/aromatic N) is 2. The molecule has 0 spiro atoms. The number of aromatic nitrogens is 2. The van der Waals surface area contributed by atoms with Crippen LogP contribution in [0.25, 0.3) is 65.7 Å². The van der Waals surface area contributed by atoms with Crippen LogP contribution in [-0.2, 0) is 25.5 Å². The van der Waals surface area contributed by atoms with E-state index in [9.17, 15) is 0 Å². The predicted molar refractivity (Wildman–Crippen MR) is 207 cm³/mol.